The molecule has 3 heterocycles. The monoisotopic (exact) mass is 387 g/mol. The second kappa shape index (κ2) is 7.18. The second-order valence-electron chi connectivity index (χ2n) is 7.12. The molecule has 2 aromatic heterocycles. The topological polar surface area (TPSA) is 63.9 Å². The number of hydrogen-bond donors (Lipinski definition) is 0. The van der Waals surface area contributed by atoms with Crippen LogP contribution < -0.4 is 0 Å². The number of pyridine rings is 1. The average Bonchev–Trinajstić information content (AvgIpc) is 3.17. The Labute approximate surface area is 166 Å². The van der Waals surface area contributed by atoms with Gasteiger partial charge < -0.3 is 4.57 Å². The molecule has 5 rings (SSSR count). The van der Waals surface area contributed by atoms with Gasteiger partial charge in [0.25, 0.3) is 0 Å². The first-order valence-corrected chi connectivity index (χ1v) is 9.47. The fraction of sp³-hybridized carbons (Fsp3) is 0.182. The molecule has 0 atom stereocenters. The third-order valence-electron chi connectivity index (χ3n) is 5.19. The minimum atomic E-state index is -0.345. The van der Waals surface area contributed by atoms with Crippen LogP contribution in [0.3, 0.4) is 0 Å². The lowest BCUT2D eigenvalue weighted by molar-refractivity contribution is 0.0908. The van der Waals surface area contributed by atoms with E-state index >= 15 is 0 Å². The number of hydrogen-bond acceptors (Lipinski definition) is 5. The van der Waals surface area contributed by atoms with E-state index < -0.39 is 0 Å². The molecule has 4 aromatic rings. The minimum absolute atomic E-state index is 0.0330. The van der Waals surface area contributed by atoms with Crippen LogP contribution in [0.1, 0.15) is 16.2 Å². The van der Waals surface area contributed by atoms with E-state index in [9.17, 15) is 9.18 Å². The van der Waals surface area contributed by atoms with Gasteiger partial charge in [-0.1, -0.05) is 24.3 Å². The maximum atomic E-state index is 13.1. The number of Topliss-reactive ketones (excluding diaryl/α,β-unsaturated/α-hetero) is 1. The average molecular weight is 387 g/mol. The Morgan fingerprint density at radius 1 is 0.966 bits per heavy atom. The number of carbonyl (C=O) groups excluding carboxylic acids is 1. The van der Waals surface area contributed by atoms with Gasteiger partial charge in [-0.15, -0.1) is 10.2 Å². The summed E-state index contributed by atoms with van der Waals surface area (Å²) in [5.74, 6) is 1.18. The first-order valence-electron chi connectivity index (χ1n) is 9.47. The smallest absolute Gasteiger partial charge is 0.182 e. The van der Waals surface area contributed by atoms with Crippen molar-refractivity contribution in [2.75, 3.05) is 13.1 Å². The van der Waals surface area contributed by atoms with E-state index in [1.807, 2.05) is 41.3 Å². The number of halogens is 1. The van der Waals surface area contributed by atoms with Gasteiger partial charge in [-0.2, -0.15) is 0 Å². The lowest BCUT2D eigenvalue weighted by Gasteiger charge is -2.27. The Balaban J connectivity index is 1.35. The molecule has 0 amide bonds. The van der Waals surface area contributed by atoms with Crippen LogP contribution in [-0.2, 0) is 13.1 Å². The molecule has 0 N–H and O–H groups in total. The van der Waals surface area contributed by atoms with Crippen LogP contribution in [0.25, 0.3) is 22.4 Å². The van der Waals surface area contributed by atoms with Crippen molar-refractivity contribution in [1.29, 1.82) is 0 Å². The number of carbonyl (C=O) groups is 1. The van der Waals surface area contributed by atoms with E-state index in [2.05, 4.69) is 14.8 Å². The van der Waals surface area contributed by atoms with Crippen molar-refractivity contribution in [2.45, 2.75) is 13.1 Å². The van der Waals surface area contributed by atoms with Crippen molar-refractivity contribution in [1.82, 2.24) is 24.6 Å². The zero-order valence-electron chi connectivity index (χ0n) is 15.6. The Morgan fingerprint density at radius 2 is 1.79 bits per heavy atom. The van der Waals surface area contributed by atoms with Crippen LogP contribution in [0.5, 0.6) is 0 Å². The van der Waals surface area contributed by atoms with E-state index in [4.69, 9.17) is 4.98 Å². The van der Waals surface area contributed by atoms with Crippen LogP contribution >= 0.6 is 0 Å². The molecular formula is C22H18FN5O. The zero-order chi connectivity index (χ0) is 19.8. The van der Waals surface area contributed by atoms with Gasteiger partial charge in [-0.25, -0.2) is 9.37 Å². The van der Waals surface area contributed by atoms with E-state index in [0.717, 1.165) is 28.2 Å². The molecule has 0 spiro atoms. The van der Waals surface area contributed by atoms with Gasteiger partial charge >= 0.3 is 0 Å². The largest absolute Gasteiger partial charge is 0.307 e. The van der Waals surface area contributed by atoms with Crippen LogP contribution in [0.15, 0.2) is 60.7 Å². The number of aromatic nitrogens is 4. The molecule has 1 aliphatic rings. The van der Waals surface area contributed by atoms with Crippen molar-refractivity contribution < 1.29 is 9.18 Å². The number of nitrogens with zero attached hydrogens (tertiary/aromatic N) is 5. The van der Waals surface area contributed by atoms with Crippen LogP contribution in [0.4, 0.5) is 4.39 Å². The van der Waals surface area contributed by atoms with E-state index in [1.54, 1.807) is 0 Å². The van der Waals surface area contributed by atoms with Gasteiger partial charge in [-0.05, 0) is 36.4 Å². The van der Waals surface area contributed by atoms with Crippen molar-refractivity contribution in [2.24, 2.45) is 0 Å². The maximum Gasteiger partial charge on any atom is 0.182 e. The molecule has 7 heteroatoms. The number of ketones is 1. The molecule has 0 bridgehead atoms. The first kappa shape index (κ1) is 17.6. The Kier molecular flexibility index (Phi) is 4.37. The molecule has 0 radical (unpaired) electrons. The van der Waals surface area contributed by atoms with Crippen LogP contribution in [0, 0.1) is 5.82 Å². The van der Waals surface area contributed by atoms with E-state index in [0.29, 0.717) is 25.2 Å². The standard InChI is InChI=1S/C22H18FN5O/c23-17-8-5-16(6-9-17)20(29)13-27-11-12-28-21(14-27)25-26-22(28)19-10-7-15-3-1-2-4-18(15)24-19/h1-10H,11-14H2. The predicted octanol–water partition coefficient (Wildman–Crippen LogP) is 3.33. The summed E-state index contributed by atoms with van der Waals surface area (Å²) in [5.41, 5.74) is 2.22. The number of fused-ring (bicyclic) bond motifs is 2. The highest BCUT2D eigenvalue weighted by molar-refractivity contribution is 5.97. The number of para-hydroxylation sites is 1. The fourth-order valence-corrected chi connectivity index (χ4v) is 3.65. The van der Waals surface area contributed by atoms with Crippen LogP contribution in [0.2, 0.25) is 0 Å². The predicted molar refractivity (Wildman–Crippen MR) is 107 cm³/mol. The Hall–Kier alpha value is -3.45. The Bertz CT molecular complexity index is 1200. The molecule has 144 valence electrons. The summed E-state index contributed by atoms with van der Waals surface area (Å²) in [7, 11) is 0. The summed E-state index contributed by atoms with van der Waals surface area (Å²) in [6, 6.07) is 17.6. The summed E-state index contributed by atoms with van der Waals surface area (Å²) in [6.07, 6.45) is 0. The lowest BCUT2D eigenvalue weighted by atomic mass is 10.1. The highest BCUT2D eigenvalue weighted by atomic mass is 19.1. The third-order valence-corrected chi connectivity index (χ3v) is 5.19. The molecule has 2 aromatic carbocycles. The van der Waals surface area contributed by atoms with Gasteiger partial charge in [-0.3, -0.25) is 9.69 Å². The molecule has 0 aliphatic carbocycles. The molecule has 0 fully saturated rings. The zero-order valence-corrected chi connectivity index (χ0v) is 15.6. The van der Waals surface area contributed by atoms with Gasteiger partial charge in [0, 0.05) is 24.0 Å². The third kappa shape index (κ3) is 3.40. The van der Waals surface area contributed by atoms with Crippen molar-refractivity contribution in [3.8, 4) is 11.5 Å². The Morgan fingerprint density at radius 3 is 2.66 bits per heavy atom. The summed E-state index contributed by atoms with van der Waals surface area (Å²) < 4.78 is 15.1. The van der Waals surface area contributed by atoms with Crippen molar-refractivity contribution in [3.05, 3.63) is 77.9 Å². The lowest BCUT2D eigenvalue weighted by Crippen LogP contribution is -2.37. The molecule has 6 nitrogen and oxygen atoms in total. The molecular weight excluding hydrogens is 369 g/mol. The van der Waals surface area contributed by atoms with Gasteiger partial charge in [0.2, 0.25) is 0 Å². The summed E-state index contributed by atoms with van der Waals surface area (Å²) in [6.45, 7) is 2.19. The van der Waals surface area contributed by atoms with Gasteiger partial charge in [0.05, 0.1) is 18.6 Å². The van der Waals surface area contributed by atoms with Crippen molar-refractivity contribution >= 4 is 16.7 Å². The summed E-state index contributed by atoms with van der Waals surface area (Å²) in [4.78, 5) is 19.2. The molecule has 0 saturated heterocycles. The quantitative estimate of drug-likeness (QED) is 0.503. The number of rotatable bonds is 4. The summed E-state index contributed by atoms with van der Waals surface area (Å²) in [5, 5.41) is 9.76. The highest BCUT2D eigenvalue weighted by Crippen LogP contribution is 2.23. The van der Waals surface area contributed by atoms with E-state index in [1.165, 1.54) is 24.3 Å². The molecule has 0 saturated carbocycles. The second-order valence-corrected chi connectivity index (χ2v) is 7.12. The van der Waals surface area contributed by atoms with Gasteiger partial charge in [0.1, 0.15) is 17.3 Å². The van der Waals surface area contributed by atoms with Crippen LogP contribution in [-0.4, -0.2) is 43.5 Å². The number of benzene rings is 2. The normalized spacial score (nSPS) is 14.1. The van der Waals surface area contributed by atoms with Gasteiger partial charge in [0.15, 0.2) is 11.6 Å². The first-order chi connectivity index (χ1) is 14.2. The van der Waals surface area contributed by atoms with Crippen molar-refractivity contribution in [3.63, 3.8) is 0 Å². The highest BCUT2D eigenvalue weighted by Gasteiger charge is 2.24. The molecule has 0 unspecified atom stereocenters. The fourth-order valence-electron chi connectivity index (χ4n) is 3.65. The molecule has 1 aliphatic heterocycles. The maximum absolute atomic E-state index is 13.1. The SMILES string of the molecule is O=C(CN1CCn2c(nnc2-c2ccc3ccccc3n2)C1)c1ccc(F)cc1. The molecule has 29 heavy (non-hydrogen) atoms. The minimum Gasteiger partial charge on any atom is -0.307 e. The summed E-state index contributed by atoms with van der Waals surface area (Å²) >= 11 is 0. The van der Waals surface area contributed by atoms with E-state index in [-0.39, 0.29) is 18.1 Å².